The van der Waals surface area contributed by atoms with Crippen LogP contribution in [0.15, 0.2) is 203 Å². The summed E-state index contributed by atoms with van der Waals surface area (Å²) in [6, 6.07) is 63.4. The van der Waals surface area contributed by atoms with Crippen molar-refractivity contribution in [1.82, 2.24) is 10.6 Å². The molecule has 0 radical (unpaired) electrons. The van der Waals surface area contributed by atoms with Gasteiger partial charge in [-0.05, 0) is 52.1 Å². The number of hydrogen-bond donors (Lipinski definition) is 2. The van der Waals surface area contributed by atoms with E-state index in [-0.39, 0.29) is 12.2 Å². The van der Waals surface area contributed by atoms with Crippen LogP contribution < -0.4 is 10.6 Å². The molecule has 0 saturated heterocycles. The van der Waals surface area contributed by atoms with Crippen LogP contribution in [-0.2, 0) is 0 Å². The van der Waals surface area contributed by atoms with E-state index < -0.39 is 0 Å². The summed E-state index contributed by atoms with van der Waals surface area (Å²) in [7, 11) is 0. The van der Waals surface area contributed by atoms with Crippen molar-refractivity contribution in [3.8, 4) is 11.1 Å². The average Bonchev–Trinajstić information content (AvgIpc) is 3.66. The van der Waals surface area contributed by atoms with Gasteiger partial charge in [-0.15, -0.1) is 11.3 Å². The number of nitrogens with one attached hydrogen (secondary N) is 2. The third kappa shape index (κ3) is 6.43. The maximum Gasteiger partial charge on any atom is 0.169 e. The molecule has 0 bridgehead atoms. The van der Waals surface area contributed by atoms with Crippen LogP contribution in [0.2, 0.25) is 0 Å². The molecular formula is C49H35N5S. The molecule has 0 spiro atoms. The molecule has 3 heterocycles. The first-order chi connectivity index (χ1) is 27.2. The van der Waals surface area contributed by atoms with Crippen LogP contribution in [0, 0.1) is 0 Å². The number of hydrogen-bond acceptors (Lipinski definition) is 6. The van der Waals surface area contributed by atoms with E-state index in [1.165, 1.54) is 25.7 Å². The van der Waals surface area contributed by atoms with Gasteiger partial charge in [0.25, 0.3) is 0 Å². The third-order valence-corrected chi connectivity index (χ3v) is 11.4. The molecule has 10 rings (SSSR count). The lowest BCUT2D eigenvalue weighted by molar-refractivity contribution is 0.756. The van der Waals surface area contributed by atoms with Gasteiger partial charge in [-0.1, -0.05) is 164 Å². The van der Waals surface area contributed by atoms with E-state index in [9.17, 15) is 0 Å². The first-order valence-electron chi connectivity index (χ1n) is 18.5. The highest BCUT2D eigenvalue weighted by Crippen LogP contribution is 2.43. The lowest BCUT2D eigenvalue weighted by atomic mass is 9.94. The molecule has 1 unspecified atom stereocenters. The smallest absolute Gasteiger partial charge is 0.169 e. The molecule has 6 heteroatoms. The highest BCUT2D eigenvalue weighted by Gasteiger charge is 2.24. The first kappa shape index (κ1) is 32.7. The molecule has 0 amide bonds. The van der Waals surface area contributed by atoms with E-state index >= 15 is 0 Å². The summed E-state index contributed by atoms with van der Waals surface area (Å²) in [4.78, 5) is 15.6. The normalized spacial score (nSPS) is 15.7. The summed E-state index contributed by atoms with van der Waals surface area (Å²) in [5.41, 5.74) is 9.78. The second-order valence-electron chi connectivity index (χ2n) is 13.7. The molecule has 262 valence electrons. The number of amidine groups is 3. The molecular weight excluding hydrogens is 691 g/mol. The Bertz CT molecular complexity index is 2680. The van der Waals surface area contributed by atoms with Crippen LogP contribution in [0.3, 0.4) is 0 Å². The second kappa shape index (κ2) is 14.2. The van der Waals surface area contributed by atoms with E-state index in [2.05, 4.69) is 156 Å². The fourth-order valence-electron chi connectivity index (χ4n) is 7.40. The van der Waals surface area contributed by atoms with Crippen molar-refractivity contribution in [2.75, 3.05) is 0 Å². The lowest BCUT2D eigenvalue weighted by Gasteiger charge is -2.24. The summed E-state index contributed by atoms with van der Waals surface area (Å²) >= 11 is 1.84. The highest BCUT2D eigenvalue weighted by molar-refractivity contribution is 7.26. The number of aliphatic imine (C=N–C) groups is 3. The van der Waals surface area contributed by atoms with Gasteiger partial charge in [0.1, 0.15) is 17.5 Å². The van der Waals surface area contributed by atoms with Gasteiger partial charge in [-0.3, -0.25) is 4.99 Å². The van der Waals surface area contributed by atoms with E-state index in [1.54, 1.807) is 0 Å². The predicted molar refractivity (Wildman–Crippen MR) is 230 cm³/mol. The van der Waals surface area contributed by atoms with Crippen LogP contribution >= 0.6 is 11.3 Å². The van der Waals surface area contributed by atoms with Crippen molar-refractivity contribution in [3.05, 3.63) is 221 Å². The van der Waals surface area contributed by atoms with Crippen molar-refractivity contribution in [1.29, 1.82) is 0 Å². The van der Waals surface area contributed by atoms with Gasteiger partial charge in [-0.2, -0.15) is 0 Å². The second-order valence-corrected chi connectivity index (χ2v) is 14.8. The molecule has 1 atom stereocenters. The number of nitrogens with zero attached hydrogens (tertiary/aromatic N) is 3. The molecule has 1 aromatic heterocycles. The van der Waals surface area contributed by atoms with E-state index in [1.807, 2.05) is 53.8 Å². The number of fused-ring (bicyclic) bond motifs is 3. The summed E-state index contributed by atoms with van der Waals surface area (Å²) < 4.78 is 2.53. The Morgan fingerprint density at radius 1 is 0.418 bits per heavy atom. The molecule has 2 N–H and O–H groups in total. The zero-order valence-corrected chi connectivity index (χ0v) is 30.6. The van der Waals surface area contributed by atoms with Gasteiger partial charge in [0.2, 0.25) is 0 Å². The van der Waals surface area contributed by atoms with Gasteiger partial charge >= 0.3 is 0 Å². The summed E-state index contributed by atoms with van der Waals surface area (Å²) in [5, 5.41) is 9.66. The molecule has 7 aromatic carbocycles. The summed E-state index contributed by atoms with van der Waals surface area (Å²) in [6.07, 6.45) is 1.89. The van der Waals surface area contributed by atoms with Crippen LogP contribution in [-0.4, -0.2) is 17.5 Å². The largest absolute Gasteiger partial charge is 0.340 e. The Morgan fingerprint density at radius 2 is 0.945 bits per heavy atom. The van der Waals surface area contributed by atoms with E-state index in [0.717, 1.165) is 62.1 Å². The molecule has 0 saturated carbocycles. The van der Waals surface area contributed by atoms with Gasteiger partial charge in [0.15, 0.2) is 6.17 Å². The zero-order valence-electron chi connectivity index (χ0n) is 29.8. The molecule has 0 aliphatic carbocycles. The Kier molecular flexibility index (Phi) is 8.43. The minimum absolute atomic E-state index is 0.201. The molecule has 8 aromatic rings. The predicted octanol–water partition coefficient (Wildman–Crippen LogP) is 11.3. The standard InChI is InChI=1S/C49H35N5S/c1-5-15-33(16-6-1)42-31-43(51-46(50-42)34-17-7-2-8-18-34)41-30-38(29-40-39-23-13-14-24-44(39)55-45(40)41)32-25-27-37(28-26-32)49-53-47(35-19-9-3-10-20-35)52-48(54-49)36-21-11-4-12-22-36/h1-31,43,49H,(H,50,51)(H,52,53,54). The van der Waals surface area contributed by atoms with Crippen LogP contribution in [0.4, 0.5) is 0 Å². The first-order valence-corrected chi connectivity index (χ1v) is 19.3. The fourth-order valence-corrected chi connectivity index (χ4v) is 8.63. The van der Waals surface area contributed by atoms with Crippen LogP contribution in [0.1, 0.15) is 45.6 Å². The Morgan fingerprint density at radius 3 is 1.55 bits per heavy atom. The fraction of sp³-hybridized carbons (Fsp3) is 0.0408. The zero-order chi connectivity index (χ0) is 36.6. The van der Waals surface area contributed by atoms with Crippen LogP contribution in [0.25, 0.3) is 37.0 Å². The summed E-state index contributed by atoms with van der Waals surface area (Å²) in [5.74, 6) is 2.48. The van der Waals surface area contributed by atoms with Gasteiger partial charge < -0.3 is 10.6 Å². The monoisotopic (exact) mass is 725 g/mol. The van der Waals surface area contributed by atoms with Gasteiger partial charge in [-0.25, -0.2) is 9.98 Å². The molecule has 2 aliphatic heterocycles. The minimum Gasteiger partial charge on any atom is -0.340 e. The number of thiophene rings is 1. The summed E-state index contributed by atoms with van der Waals surface area (Å²) in [6.45, 7) is 0. The number of rotatable bonds is 7. The maximum atomic E-state index is 5.39. The molecule has 2 aliphatic rings. The van der Waals surface area contributed by atoms with Crippen molar-refractivity contribution in [3.63, 3.8) is 0 Å². The Labute approximate surface area is 323 Å². The van der Waals surface area contributed by atoms with E-state index in [0.29, 0.717) is 0 Å². The quantitative estimate of drug-likeness (QED) is 0.172. The van der Waals surface area contributed by atoms with E-state index in [4.69, 9.17) is 15.0 Å². The van der Waals surface area contributed by atoms with Crippen LogP contribution in [0.5, 0.6) is 0 Å². The van der Waals surface area contributed by atoms with Gasteiger partial charge in [0, 0.05) is 42.6 Å². The maximum absolute atomic E-state index is 5.39. The molecule has 55 heavy (non-hydrogen) atoms. The van der Waals surface area contributed by atoms with Crippen molar-refractivity contribution in [2.45, 2.75) is 12.2 Å². The Balaban J connectivity index is 1.09. The molecule has 0 fully saturated rings. The average molecular weight is 726 g/mol. The minimum atomic E-state index is -0.387. The molecule has 5 nitrogen and oxygen atoms in total. The van der Waals surface area contributed by atoms with Crippen molar-refractivity contribution in [2.24, 2.45) is 15.0 Å². The van der Waals surface area contributed by atoms with Crippen molar-refractivity contribution >= 4 is 54.7 Å². The topological polar surface area (TPSA) is 61.1 Å². The SMILES string of the molecule is C1=C(c2ccccc2)NC(c2ccccc2)=NC1c1cc(-c2ccc(C3N=C(c4ccccc4)NC(c4ccccc4)=N3)cc2)cc2c1sc1ccccc12. The highest BCUT2D eigenvalue weighted by atomic mass is 32.1. The van der Waals surface area contributed by atoms with Gasteiger partial charge in [0.05, 0.1) is 6.04 Å². The Hall–Kier alpha value is -6.89. The number of benzene rings is 7. The third-order valence-electron chi connectivity index (χ3n) is 10.2. The lowest BCUT2D eigenvalue weighted by Crippen LogP contribution is -2.35. The van der Waals surface area contributed by atoms with Crippen molar-refractivity contribution < 1.29 is 0 Å².